The number of nitrogens with one attached hydrogen (secondary N) is 1. The van der Waals surface area contributed by atoms with Gasteiger partial charge < -0.3 is 15.2 Å². The highest BCUT2D eigenvalue weighted by Gasteiger charge is 2.15. The molecule has 0 saturated carbocycles. The molecule has 6 heteroatoms. The Morgan fingerprint density at radius 2 is 1.94 bits per heavy atom. The third-order valence-corrected chi connectivity index (χ3v) is 1.76. The van der Waals surface area contributed by atoms with E-state index in [0.717, 1.165) is 0 Å². The number of nitrogens with zero attached hydrogens (tertiary/aromatic N) is 1. The Balaban J connectivity index is 3.58. The Morgan fingerprint density at radius 1 is 1.35 bits per heavy atom. The molecule has 0 aliphatic rings. The van der Waals surface area contributed by atoms with Crippen molar-refractivity contribution in [2.45, 2.75) is 26.4 Å². The van der Waals surface area contributed by atoms with Gasteiger partial charge in [-0.3, -0.25) is 14.5 Å². The largest absolute Gasteiger partial charge is 0.480 e. The average molecular weight is 246 g/mol. The quantitative estimate of drug-likeness (QED) is 0.484. The first kappa shape index (κ1) is 15.9. The van der Waals surface area contributed by atoms with E-state index in [1.807, 2.05) is 20.8 Å². The summed E-state index contributed by atoms with van der Waals surface area (Å²) in [6.07, 6.45) is 0. The van der Waals surface area contributed by atoms with E-state index >= 15 is 0 Å². The zero-order valence-electron chi connectivity index (χ0n) is 10.9. The Labute approximate surface area is 102 Å². The van der Waals surface area contributed by atoms with Gasteiger partial charge in [-0.05, 0) is 27.8 Å². The van der Waals surface area contributed by atoms with Crippen LogP contribution in [0.25, 0.3) is 0 Å². The molecule has 6 nitrogen and oxygen atoms in total. The van der Waals surface area contributed by atoms with Gasteiger partial charge in [0.25, 0.3) is 0 Å². The summed E-state index contributed by atoms with van der Waals surface area (Å²) in [5, 5.41) is 11.4. The first-order valence-electron chi connectivity index (χ1n) is 5.53. The van der Waals surface area contributed by atoms with E-state index in [4.69, 9.17) is 9.84 Å². The molecule has 0 aliphatic carbocycles. The van der Waals surface area contributed by atoms with Crippen molar-refractivity contribution in [1.82, 2.24) is 10.2 Å². The SMILES string of the molecule is CN(CCNCC(=O)OC(C)(C)C)CC(=O)O. The lowest BCUT2D eigenvalue weighted by Crippen LogP contribution is -2.36. The molecule has 0 aromatic heterocycles. The molecule has 0 bridgehead atoms. The van der Waals surface area contributed by atoms with Crippen molar-refractivity contribution in [3.63, 3.8) is 0 Å². The van der Waals surface area contributed by atoms with Gasteiger partial charge in [0.15, 0.2) is 0 Å². The van der Waals surface area contributed by atoms with E-state index in [0.29, 0.717) is 13.1 Å². The van der Waals surface area contributed by atoms with Crippen molar-refractivity contribution in [3.8, 4) is 0 Å². The highest BCUT2D eigenvalue weighted by atomic mass is 16.6. The van der Waals surface area contributed by atoms with Crippen molar-refractivity contribution in [3.05, 3.63) is 0 Å². The first-order valence-corrected chi connectivity index (χ1v) is 5.53. The van der Waals surface area contributed by atoms with Gasteiger partial charge in [-0.15, -0.1) is 0 Å². The second-order valence-corrected chi connectivity index (χ2v) is 4.89. The van der Waals surface area contributed by atoms with Gasteiger partial charge in [0.05, 0.1) is 13.1 Å². The number of likely N-dealkylation sites (N-methyl/N-ethyl adjacent to an activating group) is 1. The van der Waals surface area contributed by atoms with Crippen molar-refractivity contribution >= 4 is 11.9 Å². The van der Waals surface area contributed by atoms with Gasteiger partial charge >= 0.3 is 11.9 Å². The number of aliphatic carboxylic acids is 1. The molecule has 0 rings (SSSR count). The monoisotopic (exact) mass is 246 g/mol. The summed E-state index contributed by atoms with van der Waals surface area (Å²) in [7, 11) is 1.71. The number of esters is 1. The molecule has 17 heavy (non-hydrogen) atoms. The minimum absolute atomic E-state index is 0.00584. The molecule has 0 aromatic rings. The number of carboxylic acid groups (broad SMARTS) is 1. The maximum atomic E-state index is 11.3. The number of carbonyl (C=O) groups is 2. The van der Waals surface area contributed by atoms with Crippen LogP contribution in [0.4, 0.5) is 0 Å². The highest BCUT2D eigenvalue weighted by Crippen LogP contribution is 2.05. The molecule has 0 aromatic carbocycles. The van der Waals surface area contributed by atoms with Crippen LogP contribution >= 0.6 is 0 Å². The topological polar surface area (TPSA) is 78.9 Å². The molecular formula is C11H22N2O4. The van der Waals surface area contributed by atoms with E-state index in [9.17, 15) is 9.59 Å². The number of hydrogen-bond acceptors (Lipinski definition) is 5. The van der Waals surface area contributed by atoms with E-state index in [-0.39, 0.29) is 19.1 Å². The molecule has 0 atom stereocenters. The smallest absolute Gasteiger partial charge is 0.320 e. The minimum Gasteiger partial charge on any atom is -0.480 e. The number of carboxylic acids is 1. The number of ether oxygens (including phenoxy) is 1. The maximum Gasteiger partial charge on any atom is 0.320 e. The van der Waals surface area contributed by atoms with Gasteiger partial charge in [-0.1, -0.05) is 0 Å². The number of carbonyl (C=O) groups excluding carboxylic acids is 1. The lowest BCUT2D eigenvalue weighted by molar-refractivity contribution is -0.153. The predicted molar refractivity (Wildman–Crippen MR) is 63.8 cm³/mol. The molecule has 0 heterocycles. The predicted octanol–water partition coefficient (Wildman–Crippen LogP) is -0.0659. The summed E-state index contributed by atoms with van der Waals surface area (Å²) in [4.78, 5) is 23.3. The zero-order chi connectivity index (χ0) is 13.5. The Kier molecular flexibility index (Phi) is 6.75. The van der Waals surface area contributed by atoms with Crippen molar-refractivity contribution in [2.24, 2.45) is 0 Å². The van der Waals surface area contributed by atoms with E-state index in [1.165, 1.54) is 0 Å². The summed E-state index contributed by atoms with van der Waals surface area (Å²) >= 11 is 0. The fourth-order valence-electron chi connectivity index (χ4n) is 1.15. The summed E-state index contributed by atoms with van der Waals surface area (Å²) in [5.74, 6) is -1.17. The second kappa shape index (κ2) is 7.24. The van der Waals surface area contributed by atoms with Crippen molar-refractivity contribution in [1.29, 1.82) is 0 Å². The fraction of sp³-hybridized carbons (Fsp3) is 0.818. The Morgan fingerprint density at radius 3 is 2.41 bits per heavy atom. The molecule has 0 saturated heterocycles. The van der Waals surface area contributed by atoms with E-state index in [1.54, 1.807) is 11.9 Å². The molecular weight excluding hydrogens is 224 g/mol. The molecule has 100 valence electrons. The first-order chi connectivity index (χ1) is 7.70. The molecule has 0 unspecified atom stereocenters. The zero-order valence-corrected chi connectivity index (χ0v) is 10.9. The van der Waals surface area contributed by atoms with Crippen LogP contribution < -0.4 is 5.32 Å². The standard InChI is InChI=1S/C11H22N2O4/c1-11(2,3)17-10(16)7-12-5-6-13(4)8-9(14)15/h12H,5-8H2,1-4H3,(H,14,15). The van der Waals surface area contributed by atoms with Gasteiger partial charge in [-0.2, -0.15) is 0 Å². The summed E-state index contributed by atoms with van der Waals surface area (Å²) in [6, 6.07) is 0. The van der Waals surface area contributed by atoms with Gasteiger partial charge in [0.2, 0.25) is 0 Å². The van der Waals surface area contributed by atoms with Crippen LogP contribution in [0.15, 0.2) is 0 Å². The summed E-state index contributed by atoms with van der Waals surface area (Å²) < 4.78 is 5.10. The number of hydrogen-bond donors (Lipinski definition) is 2. The summed E-state index contributed by atoms with van der Waals surface area (Å²) in [5.41, 5.74) is -0.473. The lowest BCUT2D eigenvalue weighted by Gasteiger charge is -2.20. The van der Waals surface area contributed by atoms with Gasteiger partial charge in [0.1, 0.15) is 5.60 Å². The van der Waals surface area contributed by atoms with Crippen molar-refractivity contribution in [2.75, 3.05) is 33.2 Å². The molecule has 2 N–H and O–H groups in total. The molecule has 0 aliphatic heterocycles. The van der Waals surface area contributed by atoms with Gasteiger partial charge in [-0.25, -0.2) is 0 Å². The van der Waals surface area contributed by atoms with E-state index < -0.39 is 11.6 Å². The average Bonchev–Trinajstić information content (AvgIpc) is 2.08. The van der Waals surface area contributed by atoms with Crippen LogP contribution in [0.5, 0.6) is 0 Å². The van der Waals surface area contributed by atoms with Crippen LogP contribution in [0.3, 0.4) is 0 Å². The van der Waals surface area contributed by atoms with Crippen LogP contribution in [-0.4, -0.2) is 60.8 Å². The minimum atomic E-state index is -0.861. The molecule has 0 spiro atoms. The molecule has 0 amide bonds. The fourth-order valence-corrected chi connectivity index (χ4v) is 1.15. The Bertz CT molecular complexity index is 261. The third kappa shape index (κ3) is 11.1. The van der Waals surface area contributed by atoms with E-state index in [2.05, 4.69) is 5.32 Å². The normalized spacial score (nSPS) is 11.6. The summed E-state index contributed by atoms with van der Waals surface area (Å²) in [6.45, 7) is 6.67. The van der Waals surface area contributed by atoms with Crippen LogP contribution in [-0.2, 0) is 14.3 Å². The van der Waals surface area contributed by atoms with Gasteiger partial charge in [0, 0.05) is 13.1 Å². The van der Waals surface area contributed by atoms with Crippen LogP contribution in [0.2, 0.25) is 0 Å². The maximum absolute atomic E-state index is 11.3. The molecule has 0 radical (unpaired) electrons. The number of rotatable bonds is 7. The second-order valence-electron chi connectivity index (χ2n) is 4.89. The Hall–Kier alpha value is -1.14. The third-order valence-electron chi connectivity index (χ3n) is 1.76. The van der Waals surface area contributed by atoms with Crippen molar-refractivity contribution < 1.29 is 19.4 Å². The lowest BCUT2D eigenvalue weighted by atomic mass is 10.2. The van der Waals surface area contributed by atoms with Crippen LogP contribution in [0, 0.1) is 0 Å². The van der Waals surface area contributed by atoms with Crippen LogP contribution in [0.1, 0.15) is 20.8 Å². The molecule has 0 fully saturated rings. The highest BCUT2D eigenvalue weighted by molar-refractivity contribution is 5.72.